The Labute approximate surface area is 157 Å². The first kappa shape index (κ1) is 18.9. The second-order valence-electron chi connectivity index (χ2n) is 5.66. The second kappa shape index (κ2) is 7.79. The number of pyridine rings is 1. The molecule has 0 aliphatic rings. The minimum absolute atomic E-state index is 0.0781. The van der Waals surface area contributed by atoms with Gasteiger partial charge < -0.3 is 5.32 Å². The van der Waals surface area contributed by atoms with Crippen LogP contribution in [0.25, 0.3) is 11.7 Å². The molecule has 2 heterocycles. The van der Waals surface area contributed by atoms with E-state index in [0.717, 1.165) is 11.6 Å². The smallest absolute Gasteiger partial charge is 0.352 e. The number of halogens is 4. The molecule has 0 aliphatic heterocycles. The summed E-state index contributed by atoms with van der Waals surface area (Å²) in [6.45, 7) is 0.187. The zero-order chi connectivity index (χ0) is 19.4. The van der Waals surface area contributed by atoms with Crippen molar-refractivity contribution < 1.29 is 18.0 Å². The molecule has 0 spiro atoms. The number of nitrogens with one attached hydrogen (secondary N) is 1. The molecule has 0 unspecified atom stereocenters. The Balaban J connectivity index is 1.66. The Morgan fingerprint density at radius 2 is 1.96 bits per heavy atom. The Kier molecular flexibility index (Phi) is 5.46. The summed E-state index contributed by atoms with van der Waals surface area (Å²) in [4.78, 5) is 11.8. The van der Waals surface area contributed by atoms with E-state index in [1.165, 1.54) is 16.7 Å². The molecule has 1 aromatic carbocycles. The van der Waals surface area contributed by atoms with E-state index in [-0.39, 0.29) is 35.4 Å². The predicted octanol–water partition coefficient (Wildman–Crippen LogP) is 3.77. The first-order valence-electron chi connectivity index (χ1n) is 7.96. The van der Waals surface area contributed by atoms with E-state index in [2.05, 4.69) is 15.5 Å². The highest BCUT2D eigenvalue weighted by Crippen LogP contribution is 2.33. The van der Waals surface area contributed by atoms with Gasteiger partial charge in [-0.1, -0.05) is 41.9 Å². The number of hydrogen-bond donors (Lipinski definition) is 1. The largest absolute Gasteiger partial charge is 0.420 e. The van der Waals surface area contributed by atoms with Crippen LogP contribution in [0, 0.1) is 0 Å². The first-order chi connectivity index (χ1) is 12.8. The van der Waals surface area contributed by atoms with E-state index in [4.69, 9.17) is 11.6 Å². The third-order valence-corrected chi connectivity index (χ3v) is 3.93. The van der Waals surface area contributed by atoms with Crippen LogP contribution in [0.1, 0.15) is 17.0 Å². The lowest BCUT2D eigenvalue weighted by molar-refractivity contribution is -0.136. The fourth-order valence-electron chi connectivity index (χ4n) is 2.48. The molecule has 0 radical (unpaired) electrons. The minimum Gasteiger partial charge on any atom is -0.352 e. The van der Waals surface area contributed by atoms with Gasteiger partial charge in [0.2, 0.25) is 5.91 Å². The van der Waals surface area contributed by atoms with Gasteiger partial charge in [-0.3, -0.25) is 9.20 Å². The molecule has 3 rings (SSSR count). The zero-order valence-corrected chi connectivity index (χ0v) is 14.6. The van der Waals surface area contributed by atoms with E-state index >= 15 is 0 Å². The van der Waals surface area contributed by atoms with Gasteiger partial charge in [-0.15, -0.1) is 10.2 Å². The lowest BCUT2D eigenvalue weighted by Gasteiger charge is -2.09. The number of nitrogens with zero attached hydrogens (tertiary/aromatic N) is 3. The quantitative estimate of drug-likeness (QED) is 0.670. The van der Waals surface area contributed by atoms with Gasteiger partial charge >= 0.3 is 6.18 Å². The summed E-state index contributed by atoms with van der Waals surface area (Å²) in [5.74, 6) is -0.0491. The molecule has 5 nitrogen and oxygen atoms in total. The van der Waals surface area contributed by atoms with Crippen LogP contribution in [0.4, 0.5) is 13.2 Å². The Hall–Kier alpha value is -2.87. The summed E-state index contributed by atoms with van der Waals surface area (Å²) in [6.07, 6.45) is -0.0255. The van der Waals surface area contributed by atoms with Crippen molar-refractivity contribution in [2.75, 3.05) is 6.54 Å². The first-order valence-corrected chi connectivity index (χ1v) is 8.34. The molecule has 27 heavy (non-hydrogen) atoms. The van der Waals surface area contributed by atoms with Crippen LogP contribution < -0.4 is 5.32 Å². The van der Waals surface area contributed by atoms with E-state index in [1.54, 1.807) is 6.08 Å². The van der Waals surface area contributed by atoms with Crippen LogP contribution in [0.15, 0.2) is 48.7 Å². The van der Waals surface area contributed by atoms with Crippen LogP contribution in [0.5, 0.6) is 0 Å². The van der Waals surface area contributed by atoms with Gasteiger partial charge in [0.05, 0.1) is 5.02 Å². The summed E-state index contributed by atoms with van der Waals surface area (Å²) < 4.78 is 40.4. The molecule has 0 bridgehead atoms. The van der Waals surface area contributed by atoms with Gasteiger partial charge in [0.25, 0.3) is 0 Å². The average molecular weight is 395 g/mol. The summed E-state index contributed by atoms with van der Waals surface area (Å²) >= 11 is 5.79. The summed E-state index contributed by atoms with van der Waals surface area (Å²) in [5.41, 5.74) is -0.397. The molecule has 0 saturated heterocycles. The van der Waals surface area contributed by atoms with E-state index in [1.807, 2.05) is 30.3 Å². The van der Waals surface area contributed by atoms with Crippen LogP contribution in [0.3, 0.4) is 0 Å². The highest BCUT2D eigenvalue weighted by molar-refractivity contribution is 6.30. The van der Waals surface area contributed by atoms with Gasteiger partial charge in [-0.05, 0) is 17.7 Å². The van der Waals surface area contributed by atoms with Gasteiger partial charge in [-0.25, -0.2) is 0 Å². The summed E-state index contributed by atoms with van der Waals surface area (Å²) in [5, 5.41) is 9.97. The molecular weight excluding hydrogens is 381 g/mol. The van der Waals surface area contributed by atoms with E-state index in [0.29, 0.717) is 0 Å². The van der Waals surface area contributed by atoms with Crippen molar-refractivity contribution in [2.45, 2.75) is 12.6 Å². The van der Waals surface area contributed by atoms with E-state index in [9.17, 15) is 18.0 Å². The number of carbonyl (C=O) groups excluding carboxylic acids is 1. The van der Waals surface area contributed by atoms with Crippen molar-refractivity contribution in [2.24, 2.45) is 0 Å². The third-order valence-electron chi connectivity index (χ3n) is 3.72. The van der Waals surface area contributed by atoms with Crippen molar-refractivity contribution >= 4 is 29.2 Å². The second-order valence-corrected chi connectivity index (χ2v) is 6.10. The molecular formula is C18H14ClF3N4O. The molecule has 0 aliphatic carbocycles. The highest BCUT2D eigenvalue weighted by atomic mass is 35.5. The summed E-state index contributed by atoms with van der Waals surface area (Å²) in [7, 11) is 0. The molecule has 0 atom stereocenters. The highest BCUT2D eigenvalue weighted by Gasteiger charge is 2.35. The topological polar surface area (TPSA) is 59.3 Å². The van der Waals surface area contributed by atoms with Gasteiger partial charge in [0.15, 0.2) is 5.65 Å². The van der Waals surface area contributed by atoms with Gasteiger partial charge in [-0.2, -0.15) is 13.2 Å². The fourth-order valence-corrected chi connectivity index (χ4v) is 2.68. The van der Waals surface area contributed by atoms with E-state index < -0.39 is 11.7 Å². The molecule has 140 valence electrons. The number of hydrogen-bond acceptors (Lipinski definition) is 3. The maximum Gasteiger partial charge on any atom is 0.420 e. The van der Waals surface area contributed by atoms with Crippen molar-refractivity contribution in [1.82, 2.24) is 19.9 Å². The molecule has 2 aromatic heterocycles. The van der Waals surface area contributed by atoms with Crippen LogP contribution in [-0.2, 0) is 17.4 Å². The maximum atomic E-state index is 13.1. The number of alkyl halides is 3. The molecule has 3 aromatic rings. The summed E-state index contributed by atoms with van der Waals surface area (Å²) in [6, 6.07) is 10.1. The van der Waals surface area contributed by atoms with Crippen molar-refractivity contribution in [3.63, 3.8) is 0 Å². The lowest BCUT2D eigenvalue weighted by atomic mass is 10.2. The normalized spacial score (nSPS) is 12.0. The van der Waals surface area contributed by atoms with Crippen LogP contribution in [-0.4, -0.2) is 27.0 Å². The maximum absolute atomic E-state index is 13.1. The number of aromatic nitrogens is 3. The fraction of sp³-hybridized carbons (Fsp3) is 0.167. The molecule has 1 N–H and O–H groups in total. The number of amides is 1. The molecule has 0 fully saturated rings. The number of benzene rings is 1. The van der Waals surface area contributed by atoms with Crippen LogP contribution >= 0.6 is 11.6 Å². The van der Waals surface area contributed by atoms with Crippen LogP contribution in [0.2, 0.25) is 5.02 Å². The Bertz CT molecular complexity index is 983. The molecule has 0 saturated carbocycles. The number of rotatable bonds is 5. The van der Waals surface area contributed by atoms with Gasteiger partial charge in [0.1, 0.15) is 11.4 Å². The zero-order valence-electron chi connectivity index (χ0n) is 13.9. The van der Waals surface area contributed by atoms with Crippen molar-refractivity contribution in [1.29, 1.82) is 0 Å². The monoisotopic (exact) mass is 394 g/mol. The lowest BCUT2D eigenvalue weighted by Crippen LogP contribution is -2.24. The SMILES string of the molecule is O=C(/C=C/c1ccccc1)NCCc1nnc2c(C(F)(F)F)cc(Cl)cn12. The number of carbonyl (C=O) groups is 1. The average Bonchev–Trinajstić information content (AvgIpc) is 3.02. The number of fused-ring (bicyclic) bond motifs is 1. The van der Waals surface area contributed by atoms with Crippen molar-refractivity contribution in [3.05, 3.63) is 70.6 Å². The standard InChI is InChI=1S/C18H14ClF3N4O/c19-13-10-14(18(20,21)22)17-25-24-15(26(17)11-13)8-9-23-16(27)7-6-12-4-2-1-3-5-12/h1-7,10-11H,8-9H2,(H,23,27)/b7-6+. The predicted molar refractivity (Wildman–Crippen MR) is 95.2 cm³/mol. The Morgan fingerprint density at radius 3 is 2.67 bits per heavy atom. The molecule has 1 amide bonds. The van der Waals surface area contributed by atoms with Crippen molar-refractivity contribution in [3.8, 4) is 0 Å². The minimum atomic E-state index is -4.59. The van der Waals surface area contributed by atoms with Gasteiger partial charge in [0, 0.05) is 25.2 Å². The molecule has 9 heteroatoms. The third kappa shape index (κ3) is 4.65. The Morgan fingerprint density at radius 1 is 1.22 bits per heavy atom.